The van der Waals surface area contributed by atoms with Crippen LogP contribution in [0.2, 0.25) is 0 Å². The lowest BCUT2D eigenvalue weighted by Gasteiger charge is -2.56. The number of pyridine rings is 1. The molecule has 2 bridgehead atoms. The van der Waals surface area contributed by atoms with Gasteiger partial charge < -0.3 is 15.9 Å². The van der Waals surface area contributed by atoms with Crippen LogP contribution in [0.25, 0.3) is 22.3 Å². The molecule has 3 aliphatic rings. The lowest BCUT2D eigenvalue weighted by Crippen LogP contribution is -2.68. The summed E-state index contributed by atoms with van der Waals surface area (Å²) in [5.41, 5.74) is 5.78. The number of aromatic amines is 1. The predicted molar refractivity (Wildman–Crippen MR) is 139 cm³/mol. The number of H-pyrrole nitrogens is 1. The SMILES string of the molecule is C=C[C@@H]1CN2CCC1C[C@]2(N)[C@@H](O)c1ccnc2ccc(O)c(-n3[nH]c(=O)n(-c4ccccc4)c3=O)c12. The smallest absolute Gasteiger partial charge is 0.356 e. The summed E-state index contributed by atoms with van der Waals surface area (Å²) in [5, 5.41) is 25.6. The number of nitrogens with zero attached hydrogens (tertiary/aromatic N) is 4. The fraction of sp³-hybridized carbons (Fsp3) is 0.296. The van der Waals surface area contributed by atoms with E-state index in [1.807, 2.05) is 6.08 Å². The molecule has 3 aliphatic heterocycles. The largest absolute Gasteiger partial charge is 0.506 e. The Morgan fingerprint density at radius 2 is 1.97 bits per heavy atom. The summed E-state index contributed by atoms with van der Waals surface area (Å²) < 4.78 is 1.98. The molecular weight excluding hydrogens is 472 g/mol. The zero-order valence-corrected chi connectivity index (χ0v) is 20.1. The number of hydrogen-bond donors (Lipinski definition) is 4. The Morgan fingerprint density at radius 1 is 1.19 bits per heavy atom. The molecule has 3 saturated heterocycles. The summed E-state index contributed by atoms with van der Waals surface area (Å²) in [5.74, 6) is 0.371. The van der Waals surface area contributed by atoms with Crippen molar-refractivity contribution >= 4 is 10.9 Å². The normalized spacial score (nSPS) is 25.8. The fourth-order valence-corrected chi connectivity index (χ4v) is 6.07. The minimum absolute atomic E-state index is 0.0277. The molecule has 0 amide bonds. The van der Waals surface area contributed by atoms with Crippen LogP contribution >= 0.6 is 0 Å². The molecule has 7 rings (SSSR count). The Balaban J connectivity index is 1.54. The van der Waals surface area contributed by atoms with E-state index in [0.29, 0.717) is 47.0 Å². The van der Waals surface area contributed by atoms with Gasteiger partial charge in [0.25, 0.3) is 0 Å². The molecule has 2 aromatic carbocycles. The highest BCUT2D eigenvalue weighted by molar-refractivity contribution is 5.93. The van der Waals surface area contributed by atoms with Crippen molar-refractivity contribution in [3.05, 3.63) is 93.9 Å². The van der Waals surface area contributed by atoms with E-state index in [9.17, 15) is 19.8 Å². The highest BCUT2D eigenvalue weighted by Gasteiger charge is 2.51. The first-order valence-electron chi connectivity index (χ1n) is 12.3. The number of phenols is 1. The zero-order valence-electron chi connectivity index (χ0n) is 20.1. The van der Waals surface area contributed by atoms with Crippen molar-refractivity contribution in [3.8, 4) is 17.1 Å². The fourth-order valence-electron chi connectivity index (χ4n) is 6.07. The van der Waals surface area contributed by atoms with E-state index in [2.05, 4.69) is 21.6 Å². The number of para-hydroxylation sites is 1. The van der Waals surface area contributed by atoms with Crippen LogP contribution in [0.5, 0.6) is 5.75 Å². The Labute approximate surface area is 211 Å². The maximum absolute atomic E-state index is 13.5. The van der Waals surface area contributed by atoms with Crippen LogP contribution in [0.4, 0.5) is 0 Å². The Hall–Kier alpha value is -3.99. The van der Waals surface area contributed by atoms with E-state index < -0.39 is 23.1 Å². The van der Waals surface area contributed by atoms with Crippen molar-refractivity contribution in [2.45, 2.75) is 24.6 Å². The minimum Gasteiger partial charge on any atom is -0.506 e. The van der Waals surface area contributed by atoms with E-state index in [-0.39, 0.29) is 11.4 Å². The topological polar surface area (TPSA) is 142 Å². The highest BCUT2D eigenvalue weighted by atomic mass is 16.3. The second-order valence-corrected chi connectivity index (χ2v) is 9.93. The molecule has 0 aliphatic carbocycles. The molecule has 2 unspecified atom stereocenters. The number of benzene rings is 2. The standard InChI is InChI=1S/C27H28N6O4/c1-2-16-15-31-13-11-17(16)14-27(31,28)24(35)19-10-12-29-20-8-9-21(34)23(22(19)20)33-26(37)32(25(36)30-33)18-6-4-3-5-7-18/h2-10,12,16-17,24,34-35H,1,11,13-15,28H2,(H,30,36)/t16-,17?,24+,27-/m1/s1. The lowest BCUT2D eigenvalue weighted by molar-refractivity contribution is -0.114. The summed E-state index contributed by atoms with van der Waals surface area (Å²) in [7, 11) is 0. The van der Waals surface area contributed by atoms with Crippen LogP contribution in [-0.2, 0) is 0 Å². The molecule has 5 N–H and O–H groups in total. The van der Waals surface area contributed by atoms with Gasteiger partial charge in [-0.25, -0.2) is 19.3 Å². The minimum atomic E-state index is -1.15. The van der Waals surface area contributed by atoms with Gasteiger partial charge in [0.1, 0.15) is 17.5 Å². The van der Waals surface area contributed by atoms with E-state index in [4.69, 9.17) is 5.73 Å². The van der Waals surface area contributed by atoms with Crippen LogP contribution < -0.4 is 17.1 Å². The number of aromatic hydroxyl groups is 1. The molecule has 0 saturated carbocycles. The molecule has 0 spiro atoms. The van der Waals surface area contributed by atoms with Crippen LogP contribution in [0, 0.1) is 11.8 Å². The number of rotatable bonds is 5. The van der Waals surface area contributed by atoms with Crippen LogP contribution in [-0.4, -0.2) is 53.2 Å². The van der Waals surface area contributed by atoms with Crippen molar-refractivity contribution in [1.29, 1.82) is 0 Å². The highest BCUT2D eigenvalue weighted by Crippen LogP contribution is 2.47. The molecule has 2 aromatic heterocycles. The van der Waals surface area contributed by atoms with E-state index in [1.54, 1.807) is 48.7 Å². The number of piperidine rings is 3. The maximum atomic E-state index is 13.5. The molecule has 5 atom stereocenters. The summed E-state index contributed by atoms with van der Waals surface area (Å²) >= 11 is 0. The number of fused-ring (bicyclic) bond motifs is 4. The molecule has 4 aromatic rings. The molecule has 3 fully saturated rings. The van der Waals surface area contributed by atoms with Gasteiger partial charge in [0.2, 0.25) is 0 Å². The molecule has 190 valence electrons. The predicted octanol–water partition coefficient (Wildman–Crippen LogP) is 1.79. The maximum Gasteiger partial charge on any atom is 0.356 e. The molecule has 10 nitrogen and oxygen atoms in total. The van der Waals surface area contributed by atoms with Gasteiger partial charge in [0.15, 0.2) is 0 Å². The van der Waals surface area contributed by atoms with Gasteiger partial charge in [-0.2, -0.15) is 4.68 Å². The van der Waals surface area contributed by atoms with E-state index in [0.717, 1.165) is 22.2 Å². The van der Waals surface area contributed by atoms with Gasteiger partial charge in [0, 0.05) is 24.7 Å². The first-order valence-corrected chi connectivity index (χ1v) is 12.3. The van der Waals surface area contributed by atoms with E-state index >= 15 is 0 Å². The summed E-state index contributed by atoms with van der Waals surface area (Å²) in [6.45, 7) is 5.42. The van der Waals surface area contributed by atoms with Crippen LogP contribution in [0.3, 0.4) is 0 Å². The molecular formula is C27H28N6O4. The van der Waals surface area contributed by atoms with Gasteiger partial charge in [0.05, 0.1) is 16.9 Å². The molecule has 0 radical (unpaired) electrons. The van der Waals surface area contributed by atoms with Crippen molar-refractivity contribution in [1.82, 2.24) is 24.2 Å². The summed E-state index contributed by atoms with van der Waals surface area (Å²) in [4.78, 5) is 32.8. The molecule has 37 heavy (non-hydrogen) atoms. The number of aliphatic hydroxyl groups is 1. The second kappa shape index (κ2) is 8.55. The van der Waals surface area contributed by atoms with Crippen molar-refractivity contribution in [2.24, 2.45) is 17.6 Å². The number of phenolic OH excluding ortho intramolecular Hbond substituents is 1. The average Bonchev–Trinajstić information content (AvgIpc) is 3.21. The van der Waals surface area contributed by atoms with Gasteiger partial charge in [-0.15, -0.1) is 6.58 Å². The van der Waals surface area contributed by atoms with Gasteiger partial charge in [-0.3, -0.25) is 9.88 Å². The summed E-state index contributed by atoms with van der Waals surface area (Å²) in [6.07, 6.45) is 3.93. The molecule has 10 heteroatoms. The van der Waals surface area contributed by atoms with Crippen molar-refractivity contribution in [2.75, 3.05) is 13.1 Å². The third-order valence-corrected chi connectivity index (χ3v) is 7.98. The number of aromatic nitrogens is 4. The van der Waals surface area contributed by atoms with E-state index in [1.165, 1.54) is 6.07 Å². The van der Waals surface area contributed by atoms with Gasteiger partial charge in [-0.1, -0.05) is 24.3 Å². The Kier molecular flexibility index (Phi) is 5.41. The number of nitrogens with one attached hydrogen (secondary N) is 1. The molecule has 5 heterocycles. The Morgan fingerprint density at radius 3 is 2.68 bits per heavy atom. The average molecular weight is 501 g/mol. The second-order valence-electron chi connectivity index (χ2n) is 9.93. The third kappa shape index (κ3) is 3.48. The third-order valence-electron chi connectivity index (χ3n) is 7.98. The van der Waals surface area contributed by atoms with Crippen molar-refractivity contribution < 1.29 is 10.2 Å². The van der Waals surface area contributed by atoms with Crippen molar-refractivity contribution in [3.63, 3.8) is 0 Å². The first kappa shape index (κ1) is 23.4. The Bertz CT molecular complexity index is 1620. The first-order chi connectivity index (χ1) is 17.8. The number of aliphatic hydroxyl groups excluding tert-OH is 1. The number of hydrogen-bond acceptors (Lipinski definition) is 7. The number of nitrogens with two attached hydrogens (primary N) is 1. The van der Waals surface area contributed by atoms with Gasteiger partial charge >= 0.3 is 11.4 Å². The zero-order chi connectivity index (χ0) is 25.9. The quantitative estimate of drug-likeness (QED) is 0.306. The van der Waals surface area contributed by atoms with Gasteiger partial charge in [-0.05, 0) is 60.6 Å². The van der Waals surface area contributed by atoms with Crippen LogP contribution in [0.15, 0.2) is 77.0 Å². The lowest BCUT2D eigenvalue weighted by atomic mass is 9.70. The monoisotopic (exact) mass is 500 g/mol. The van der Waals surface area contributed by atoms with Crippen LogP contribution in [0.1, 0.15) is 24.5 Å². The summed E-state index contributed by atoms with van der Waals surface area (Å²) in [6, 6.07) is 13.2.